The van der Waals surface area contributed by atoms with E-state index >= 15 is 0 Å². The van der Waals surface area contributed by atoms with Crippen LogP contribution in [0.4, 0.5) is 0 Å². The van der Waals surface area contributed by atoms with Gasteiger partial charge in [0.25, 0.3) is 0 Å². The van der Waals surface area contributed by atoms with Crippen molar-refractivity contribution < 1.29 is 13.6 Å². The van der Waals surface area contributed by atoms with Crippen LogP contribution in [0.25, 0.3) is 22.9 Å². The molecule has 0 atom stereocenters. The van der Waals surface area contributed by atoms with Crippen molar-refractivity contribution in [1.82, 2.24) is 9.97 Å². The molecule has 0 unspecified atom stereocenters. The Morgan fingerprint density at radius 1 is 0.667 bits per heavy atom. The molecule has 5 nitrogen and oxygen atoms in total. The van der Waals surface area contributed by atoms with Gasteiger partial charge in [-0.3, -0.25) is 0 Å². The Kier molecular flexibility index (Phi) is 4.85. The Bertz CT molecular complexity index is 931. The Morgan fingerprint density at radius 3 is 1.48 bits per heavy atom. The van der Waals surface area contributed by atoms with E-state index in [4.69, 9.17) is 13.6 Å². The summed E-state index contributed by atoms with van der Waals surface area (Å²) in [6, 6.07) is 16.1. The lowest BCUT2D eigenvalue weighted by molar-refractivity contribution is 0.102. The van der Waals surface area contributed by atoms with Gasteiger partial charge >= 0.3 is 0 Å². The van der Waals surface area contributed by atoms with E-state index in [9.17, 15) is 0 Å². The Morgan fingerprint density at radius 2 is 1.07 bits per heavy atom. The van der Waals surface area contributed by atoms with Crippen molar-refractivity contribution in [2.24, 2.45) is 0 Å². The first-order valence-electron chi connectivity index (χ1n) is 8.78. The van der Waals surface area contributed by atoms with Crippen LogP contribution in [0.1, 0.15) is 22.5 Å². The van der Waals surface area contributed by atoms with Gasteiger partial charge in [-0.05, 0) is 38.1 Å². The van der Waals surface area contributed by atoms with Gasteiger partial charge in [-0.1, -0.05) is 35.4 Å². The summed E-state index contributed by atoms with van der Waals surface area (Å²) < 4.78 is 16.8. The number of aryl methyl sites for hydroxylation is 2. The second kappa shape index (κ2) is 7.60. The number of benzene rings is 2. The van der Waals surface area contributed by atoms with E-state index < -0.39 is 0 Å². The molecule has 0 N–H and O–H groups in total. The van der Waals surface area contributed by atoms with E-state index in [1.54, 1.807) is 12.5 Å². The Hall–Kier alpha value is -3.18. The summed E-state index contributed by atoms with van der Waals surface area (Å²) in [7, 11) is 0. The fourth-order valence-electron chi connectivity index (χ4n) is 2.66. The van der Waals surface area contributed by atoms with Gasteiger partial charge in [0.05, 0.1) is 13.2 Å². The summed E-state index contributed by atoms with van der Waals surface area (Å²) in [4.78, 5) is 8.93. The van der Waals surface area contributed by atoms with Gasteiger partial charge < -0.3 is 13.6 Å². The number of oxazole rings is 2. The van der Waals surface area contributed by atoms with E-state index in [1.165, 1.54) is 11.1 Å². The molecule has 0 aliphatic heterocycles. The monoisotopic (exact) mass is 360 g/mol. The molecule has 0 bridgehead atoms. The highest BCUT2D eigenvalue weighted by atomic mass is 16.5. The molecular weight excluding hydrogens is 340 g/mol. The van der Waals surface area contributed by atoms with E-state index in [-0.39, 0.29) is 0 Å². The van der Waals surface area contributed by atoms with Crippen LogP contribution in [0.15, 0.2) is 69.9 Å². The second-order valence-electron chi connectivity index (χ2n) is 6.51. The molecule has 0 saturated heterocycles. The van der Waals surface area contributed by atoms with Crippen molar-refractivity contribution in [1.29, 1.82) is 0 Å². The zero-order valence-electron chi connectivity index (χ0n) is 15.3. The number of hydrogen-bond acceptors (Lipinski definition) is 5. The maximum absolute atomic E-state index is 5.70. The summed E-state index contributed by atoms with van der Waals surface area (Å²) in [5, 5.41) is 0. The maximum Gasteiger partial charge on any atom is 0.226 e. The third kappa shape index (κ3) is 4.15. The van der Waals surface area contributed by atoms with E-state index in [1.807, 2.05) is 62.4 Å². The third-order valence-electron chi connectivity index (χ3n) is 4.20. The molecule has 2 heterocycles. The van der Waals surface area contributed by atoms with Gasteiger partial charge in [-0.2, -0.15) is 0 Å². The first-order chi connectivity index (χ1) is 13.2. The standard InChI is InChI=1S/C22H20N2O3/c1-15-3-7-17(8-4-15)21-23-19(13-26-21)11-25-12-20-14-27-22(24-20)18-9-5-16(2)6-10-18/h3-10,13-14H,11-12H2,1-2H3. The van der Waals surface area contributed by atoms with Crippen LogP contribution in [0.2, 0.25) is 0 Å². The number of aromatic nitrogens is 2. The minimum Gasteiger partial charge on any atom is -0.444 e. The molecule has 0 aliphatic carbocycles. The van der Waals surface area contributed by atoms with Gasteiger partial charge in [0.2, 0.25) is 11.8 Å². The predicted octanol–water partition coefficient (Wildman–Crippen LogP) is 5.33. The van der Waals surface area contributed by atoms with E-state index in [0.29, 0.717) is 25.0 Å². The van der Waals surface area contributed by atoms with Crippen LogP contribution >= 0.6 is 0 Å². The van der Waals surface area contributed by atoms with Gasteiger partial charge in [-0.25, -0.2) is 9.97 Å². The lowest BCUT2D eigenvalue weighted by Gasteiger charge is -1.98. The molecule has 136 valence electrons. The normalized spacial score (nSPS) is 11.0. The van der Waals surface area contributed by atoms with Crippen molar-refractivity contribution in [2.45, 2.75) is 27.1 Å². The second-order valence-corrected chi connectivity index (χ2v) is 6.51. The third-order valence-corrected chi connectivity index (χ3v) is 4.20. The van der Waals surface area contributed by atoms with Gasteiger partial charge in [0, 0.05) is 11.1 Å². The van der Waals surface area contributed by atoms with E-state index in [0.717, 1.165) is 22.5 Å². The van der Waals surface area contributed by atoms with Gasteiger partial charge in [0.15, 0.2) is 0 Å². The minimum absolute atomic E-state index is 0.349. The average molecular weight is 360 g/mol. The van der Waals surface area contributed by atoms with Crippen LogP contribution in [-0.2, 0) is 18.0 Å². The molecule has 2 aromatic heterocycles. The number of hydrogen-bond donors (Lipinski definition) is 0. The van der Waals surface area contributed by atoms with Gasteiger partial charge in [-0.15, -0.1) is 0 Å². The summed E-state index contributed by atoms with van der Waals surface area (Å²) in [5.41, 5.74) is 5.79. The Labute approximate surface area is 157 Å². The molecule has 4 aromatic rings. The number of rotatable bonds is 6. The smallest absolute Gasteiger partial charge is 0.226 e. The van der Waals surface area contributed by atoms with Crippen LogP contribution in [0, 0.1) is 13.8 Å². The summed E-state index contributed by atoms with van der Waals surface area (Å²) in [6.45, 7) is 4.80. The highest BCUT2D eigenvalue weighted by molar-refractivity contribution is 5.54. The quantitative estimate of drug-likeness (QED) is 0.465. The summed E-state index contributed by atoms with van der Waals surface area (Å²) in [6.07, 6.45) is 3.24. The fourth-order valence-corrected chi connectivity index (χ4v) is 2.66. The van der Waals surface area contributed by atoms with Crippen LogP contribution < -0.4 is 0 Å². The van der Waals surface area contributed by atoms with Crippen LogP contribution in [-0.4, -0.2) is 9.97 Å². The predicted molar refractivity (Wildman–Crippen MR) is 102 cm³/mol. The molecule has 0 aliphatic rings. The lowest BCUT2D eigenvalue weighted by Crippen LogP contribution is -1.95. The van der Waals surface area contributed by atoms with Gasteiger partial charge in [0.1, 0.15) is 23.9 Å². The zero-order chi connectivity index (χ0) is 18.6. The highest BCUT2D eigenvalue weighted by Crippen LogP contribution is 2.21. The number of nitrogens with zero attached hydrogens (tertiary/aromatic N) is 2. The number of ether oxygens (including phenoxy) is 1. The van der Waals surface area contributed by atoms with Crippen LogP contribution in [0.5, 0.6) is 0 Å². The minimum atomic E-state index is 0.349. The molecule has 2 aromatic carbocycles. The summed E-state index contributed by atoms with van der Waals surface area (Å²) in [5.74, 6) is 1.19. The van der Waals surface area contributed by atoms with Crippen molar-refractivity contribution in [3.05, 3.63) is 83.6 Å². The largest absolute Gasteiger partial charge is 0.444 e. The molecule has 0 fully saturated rings. The molecule has 0 saturated carbocycles. The molecule has 0 spiro atoms. The molecule has 0 amide bonds. The highest BCUT2D eigenvalue weighted by Gasteiger charge is 2.09. The SMILES string of the molecule is Cc1ccc(-c2nc(COCc3coc(-c4ccc(C)cc4)n3)co2)cc1. The fraction of sp³-hybridized carbons (Fsp3) is 0.182. The molecule has 27 heavy (non-hydrogen) atoms. The van der Waals surface area contributed by atoms with Crippen molar-refractivity contribution in [2.75, 3.05) is 0 Å². The summed E-state index contributed by atoms with van der Waals surface area (Å²) >= 11 is 0. The molecular formula is C22H20N2O3. The zero-order valence-corrected chi connectivity index (χ0v) is 15.3. The topological polar surface area (TPSA) is 61.3 Å². The van der Waals surface area contributed by atoms with Crippen molar-refractivity contribution >= 4 is 0 Å². The van der Waals surface area contributed by atoms with Crippen molar-refractivity contribution in [3.8, 4) is 22.9 Å². The lowest BCUT2D eigenvalue weighted by atomic mass is 10.1. The maximum atomic E-state index is 5.70. The molecule has 4 rings (SSSR count). The van der Waals surface area contributed by atoms with Crippen molar-refractivity contribution in [3.63, 3.8) is 0 Å². The first kappa shape index (κ1) is 17.2. The first-order valence-corrected chi connectivity index (χ1v) is 8.78. The molecule has 5 heteroatoms. The Balaban J connectivity index is 1.34. The molecule has 0 radical (unpaired) electrons. The van der Waals surface area contributed by atoms with E-state index in [2.05, 4.69) is 9.97 Å². The van der Waals surface area contributed by atoms with Crippen LogP contribution in [0.3, 0.4) is 0 Å². The average Bonchev–Trinajstić information content (AvgIpc) is 3.33.